The van der Waals surface area contributed by atoms with E-state index in [9.17, 15) is 19.7 Å². The van der Waals surface area contributed by atoms with Crippen molar-refractivity contribution in [1.29, 1.82) is 0 Å². The fourth-order valence-corrected chi connectivity index (χ4v) is 3.98. The molecule has 1 aliphatic rings. The average molecular weight is 368 g/mol. The van der Waals surface area contributed by atoms with Gasteiger partial charge in [0.15, 0.2) is 5.13 Å². The second kappa shape index (κ2) is 6.53. The number of nitrogens with zero attached hydrogens (tertiary/aromatic N) is 3. The van der Waals surface area contributed by atoms with E-state index in [-0.39, 0.29) is 9.88 Å². The van der Waals surface area contributed by atoms with Gasteiger partial charge in [0, 0.05) is 23.9 Å². The summed E-state index contributed by atoms with van der Waals surface area (Å²) in [5, 5.41) is 13.6. The molecule has 3 heterocycles. The largest absolute Gasteiger partial charge is 0.453 e. The molecule has 2 aromatic heterocycles. The quantitative estimate of drug-likeness (QED) is 0.657. The molecule has 11 heteroatoms. The Hall–Kier alpha value is -2.53. The van der Waals surface area contributed by atoms with Crippen LogP contribution in [-0.2, 0) is 17.7 Å². The molecule has 0 atom stereocenters. The minimum atomic E-state index is -0.537. The lowest BCUT2D eigenvalue weighted by atomic mass is 10.2. The molecule has 2 amide bonds. The van der Waals surface area contributed by atoms with E-state index in [2.05, 4.69) is 10.3 Å². The van der Waals surface area contributed by atoms with E-state index in [1.54, 1.807) is 4.90 Å². The van der Waals surface area contributed by atoms with Crippen LogP contribution < -0.4 is 5.32 Å². The molecule has 126 valence electrons. The molecule has 0 bridgehead atoms. The van der Waals surface area contributed by atoms with Gasteiger partial charge in [-0.2, -0.15) is 0 Å². The number of ether oxygens (including phenoxy) is 1. The second-order valence-electron chi connectivity index (χ2n) is 4.88. The summed E-state index contributed by atoms with van der Waals surface area (Å²) in [5.74, 6) is -0.441. The van der Waals surface area contributed by atoms with E-state index in [1.807, 2.05) is 0 Å². The number of amides is 2. The number of carbonyl (C=O) groups is 2. The van der Waals surface area contributed by atoms with Gasteiger partial charge in [-0.15, -0.1) is 0 Å². The third kappa shape index (κ3) is 3.21. The minimum Gasteiger partial charge on any atom is -0.453 e. The first-order chi connectivity index (χ1) is 11.5. The van der Waals surface area contributed by atoms with Crippen LogP contribution in [0.25, 0.3) is 0 Å². The maximum Gasteiger partial charge on any atom is 0.409 e. The first kappa shape index (κ1) is 16.3. The van der Waals surface area contributed by atoms with Gasteiger partial charge in [-0.25, -0.2) is 9.78 Å². The smallest absolute Gasteiger partial charge is 0.409 e. The number of rotatable bonds is 3. The maximum atomic E-state index is 12.1. The van der Waals surface area contributed by atoms with Crippen molar-refractivity contribution < 1.29 is 19.2 Å². The molecule has 9 nitrogen and oxygen atoms in total. The number of fused-ring (bicyclic) bond motifs is 1. The van der Waals surface area contributed by atoms with Crippen LogP contribution >= 0.6 is 22.7 Å². The monoisotopic (exact) mass is 368 g/mol. The Morgan fingerprint density at radius 1 is 1.42 bits per heavy atom. The van der Waals surface area contributed by atoms with Gasteiger partial charge in [-0.05, 0) is 6.07 Å². The summed E-state index contributed by atoms with van der Waals surface area (Å²) in [5.41, 5.74) is 0.840. The molecule has 2 aromatic rings. The zero-order chi connectivity index (χ0) is 17.3. The Bertz CT molecular complexity index is 815. The van der Waals surface area contributed by atoms with Gasteiger partial charge in [0.25, 0.3) is 5.91 Å². The Morgan fingerprint density at radius 3 is 2.88 bits per heavy atom. The van der Waals surface area contributed by atoms with Gasteiger partial charge in [0.1, 0.15) is 0 Å². The van der Waals surface area contributed by atoms with E-state index >= 15 is 0 Å². The van der Waals surface area contributed by atoms with Gasteiger partial charge in [-0.1, -0.05) is 22.7 Å². The van der Waals surface area contributed by atoms with Gasteiger partial charge in [0.2, 0.25) is 0 Å². The standard InChI is InChI=1S/C13H12N4O5S2/c1-22-13(19)16-5-4-7-9(6-16)24-12(14-7)15-11(18)8-2-3-10(23-8)17(20)21/h2-3H,4-6H2,1H3,(H,14,15,18). The molecular weight excluding hydrogens is 356 g/mol. The van der Waals surface area contributed by atoms with Crippen LogP contribution in [-0.4, -0.2) is 40.5 Å². The highest BCUT2D eigenvalue weighted by atomic mass is 32.1. The van der Waals surface area contributed by atoms with Crippen molar-refractivity contribution in [3.05, 3.63) is 37.7 Å². The predicted octanol–water partition coefficient (Wildman–Crippen LogP) is 2.49. The van der Waals surface area contributed by atoms with Crippen LogP contribution in [0, 0.1) is 10.1 Å². The summed E-state index contributed by atoms with van der Waals surface area (Å²) in [4.78, 5) is 40.9. The molecule has 0 saturated carbocycles. The number of thiazole rings is 1. The number of nitrogens with one attached hydrogen (secondary N) is 1. The molecule has 3 rings (SSSR count). The summed E-state index contributed by atoms with van der Waals surface area (Å²) in [6.07, 6.45) is 0.187. The normalized spacial score (nSPS) is 13.3. The van der Waals surface area contributed by atoms with Gasteiger partial charge >= 0.3 is 11.1 Å². The first-order valence-corrected chi connectivity index (χ1v) is 8.48. The number of anilines is 1. The summed E-state index contributed by atoms with van der Waals surface area (Å²) in [6, 6.07) is 2.70. The number of hydrogen-bond donors (Lipinski definition) is 1. The predicted molar refractivity (Wildman–Crippen MR) is 87.6 cm³/mol. The zero-order valence-electron chi connectivity index (χ0n) is 12.5. The summed E-state index contributed by atoms with van der Waals surface area (Å²) in [6.45, 7) is 0.897. The number of methoxy groups -OCH3 is 1. The van der Waals surface area contributed by atoms with Crippen molar-refractivity contribution in [3.63, 3.8) is 0 Å². The Morgan fingerprint density at radius 2 is 2.21 bits per heavy atom. The van der Waals surface area contributed by atoms with Crippen molar-refractivity contribution in [2.24, 2.45) is 0 Å². The second-order valence-corrected chi connectivity index (χ2v) is 7.03. The van der Waals surface area contributed by atoms with E-state index in [0.29, 0.717) is 24.6 Å². The molecule has 0 fully saturated rings. The number of nitro groups is 1. The molecule has 0 aromatic carbocycles. The van der Waals surface area contributed by atoms with Crippen molar-refractivity contribution in [1.82, 2.24) is 9.88 Å². The van der Waals surface area contributed by atoms with E-state index < -0.39 is 16.9 Å². The molecule has 24 heavy (non-hydrogen) atoms. The number of hydrogen-bond acceptors (Lipinski definition) is 8. The summed E-state index contributed by atoms with van der Waals surface area (Å²) < 4.78 is 4.70. The Kier molecular flexibility index (Phi) is 4.44. The zero-order valence-corrected chi connectivity index (χ0v) is 14.1. The van der Waals surface area contributed by atoms with E-state index in [4.69, 9.17) is 4.74 Å². The van der Waals surface area contributed by atoms with Gasteiger partial charge < -0.3 is 9.64 Å². The van der Waals surface area contributed by atoms with Crippen LogP contribution in [0.5, 0.6) is 0 Å². The molecule has 0 spiro atoms. The lowest BCUT2D eigenvalue weighted by Gasteiger charge is -2.24. The third-order valence-corrected chi connectivity index (χ3v) is 5.41. The maximum absolute atomic E-state index is 12.1. The molecule has 1 aliphatic heterocycles. The third-order valence-electron chi connectivity index (χ3n) is 3.38. The molecule has 0 aliphatic carbocycles. The topological polar surface area (TPSA) is 115 Å². The number of aromatic nitrogens is 1. The highest BCUT2D eigenvalue weighted by Crippen LogP contribution is 2.30. The van der Waals surface area contributed by atoms with Gasteiger partial charge in [0.05, 0.1) is 29.1 Å². The van der Waals surface area contributed by atoms with Crippen LogP contribution in [0.2, 0.25) is 0 Å². The van der Waals surface area contributed by atoms with Crippen LogP contribution in [0.3, 0.4) is 0 Å². The fourth-order valence-electron chi connectivity index (χ4n) is 2.24. The van der Waals surface area contributed by atoms with Crippen molar-refractivity contribution >= 4 is 44.8 Å². The Balaban J connectivity index is 1.71. The molecule has 0 saturated heterocycles. The average Bonchev–Trinajstić information content (AvgIpc) is 3.19. The SMILES string of the molecule is COC(=O)N1CCc2nc(NC(=O)c3ccc([N+](=O)[O-])s3)sc2C1. The van der Waals surface area contributed by atoms with Crippen LogP contribution in [0.1, 0.15) is 20.2 Å². The number of thiophene rings is 1. The number of carbonyl (C=O) groups excluding carboxylic acids is 2. The minimum absolute atomic E-state index is 0.0905. The van der Waals surface area contributed by atoms with Crippen molar-refractivity contribution in [2.45, 2.75) is 13.0 Å². The molecule has 1 N–H and O–H groups in total. The van der Waals surface area contributed by atoms with E-state index in [1.165, 1.54) is 30.6 Å². The van der Waals surface area contributed by atoms with Gasteiger partial charge in [-0.3, -0.25) is 20.2 Å². The van der Waals surface area contributed by atoms with Crippen LogP contribution in [0.15, 0.2) is 12.1 Å². The highest BCUT2D eigenvalue weighted by Gasteiger charge is 2.25. The van der Waals surface area contributed by atoms with Crippen molar-refractivity contribution in [3.8, 4) is 0 Å². The lowest BCUT2D eigenvalue weighted by molar-refractivity contribution is -0.380. The van der Waals surface area contributed by atoms with Crippen molar-refractivity contribution in [2.75, 3.05) is 19.0 Å². The molecule has 0 unspecified atom stereocenters. The Labute approximate surface area is 144 Å². The molecular formula is C13H12N4O5S2. The molecule has 0 radical (unpaired) electrons. The van der Waals surface area contributed by atoms with Crippen LogP contribution in [0.4, 0.5) is 14.9 Å². The van der Waals surface area contributed by atoms with E-state index in [0.717, 1.165) is 21.9 Å². The fraction of sp³-hybridized carbons (Fsp3) is 0.308. The summed E-state index contributed by atoms with van der Waals surface area (Å²) in [7, 11) is 1.33. The highest BCUT2D eigenvalue weighted by molar-refractivity contribution is 7.18. The lowest BCUT2D eigenvalue weighted by Crippen LogP contribution is -2.35. The summed E-state index contributed by atoms with van der Waals surface area (Å²) >= 11 is 2.09. The first-order valence-electron chi connectivity index (χ1n) is 6.85.